The molecular formula is C14H22N2O. The summed E-state index contributed by atoms with van der Waals surface area (Å²) >= 11 is 0. The van der Waals surface area contributed by atoms with Gasteiger partial charge >= 0.3 is 0 Å². The third kappa shape index (κ3) is 2.99. The molecule has 0 saturated carbocycles. The van der Waals surface area contributed by atoms with Gasteiger partial charge in [0.1, 0.15) is 0 Å². The van der Waals surface area contributed by atoms with Gasteiger partial charge in [0, 0.05) is 24.8 Å². The lowest BCUT2D eigenvalue weighted by Crippen LogP contribution is -2.31. The van der Waals surface area contributed by atoms with Gasteiger partial charge in [0.05, 0.1) is 6.61 Å². The maximum absolute atomic E-state index is 9.16. The van der Waals surface area contributed by atoms with E-state index >= 15 is 0 Å². The largest absolute Gasteiger partial charge is 0.395 e. The quantitative estimate of drug-likeness (QED) is 0.729. The van der Waals surface area contributed by atoms with Crippen LogP contribution in [0.4, 0.5) is 5.69 Å². The number of hydrogen-bond acceptors (Lipinski definition) is 3. The molecule has 0 fully saturated rings. The molecule has 1 aliphatic heterocycles. The third-order valence-electron chi connectivity index (χ3n) is 3.46. The number of aryl methyl sites for hydroxylation is 1. The van der Waals surface area contributed by atoms with Crippen LogP contribution < -0.4 is 10.6 Å². The summed E-state index contributed by atoms with van der Waals surface area (Å²) in [6.07, 6.45) is 3.35. The van der Waals surface area contributed by atoms with E-state index in [2.05, 4.69) is 35.8 Å². The van der Waals surface area contributed by atoms with Gasteiger partial charge in [-0.05, 0) is 30.4 Å². The van der Waals surface area contributed by atoms with E-state index in [0.29, 0.717) is 0 Å². The molecule has 1 atom stereocenters. The maximum atomic E-state index is 9.16. The molecule has 3 heteroatoms. The van der Waals surface area contributed by atoms with Crippen LogP contribution in [0.5, 0.6) is 0 Å². The van der Waals surface area contributed by atoms with E-state index in [9.17, 15) is 0 Å². The summed E-state index contributed by atoms with van der Waals surface area (Å²) in [5.41, 5.74) is 4.04. The topological polar surface area (TPSA) is 44.3 Å². The van der Waals surface area contributed by atoms with Gasteiger partial charge in [0.2, 0.25) is 0 Å². The number of hydrogen-bond donors (Lipinski definition) is 3. The van der Waals surface area contributed by atoms with Crippen LogP contribution in [-0.2, 0) is 13.0 Å². The van der Waals surface area contributed by atoms with Gasteiger partial charge in [-0.3, -0.25) is 0 Å². The molecule has 3 nitrogen and oxygen atoms in total. The number of rotatable bonds is 5. The van der Waals surface area contributed by atoms with Gasteiger partial charge in [0.25, 0.3) is 0 Å². The van der Waals surface area contributed by atoms with Gasteiger partial charge in [0.15, 0.2) is 0 Å². The van der Waals surface area contributed by atoms with E-state index in [-0.39, 0.29) is 12.6 Å². The average Bonchev–Trinajstić information content (AvgIpc) is 2.40. The van der Waals surface area contributed by atoms with Crippen molar-refractivity contribution < 1.29 is 5.11 Å². The average molecular weight is 234 g/mol. The Bertz CT molecular complexity index is 361. The van der Waals surface area contributed by atoms with Gasteiger partial charge < -0.3 is 15.7 Å². The summed E-state index contributed by atoms with van der Waals surface area (Å²) in [6.45, 7) is 4.20. The highest BCUT2D eigenvalue weighted by Gasteiger charge is 2.12. The lowest BCUT2D eigenvalue weighted by molar-refractivity contribution is 0.238. The molecule has 1 aromatic carbocycles. The highest BCUT2D eigenvalue weighted by molar-refractivity contribution is 5.59. The lowest BCUT2D eigenvalue weighted by atomic mass is 9.99. The second-order valence-electron chi connectivity index (χ2n) is 4.65. The molecule has 1 aliphatic rings. The van der Waals surface area contributed by atoms with Crippen molar-refractivity contribution in [2.75, 3.05) is 18.5 Å². The van der Waals surface area contributed by atoms with Crippen LogP contribution in [-0.4, -0.2) is 24.3 Å². The number of aliphatic hydroxyl groups is 1. The van der Waals surface area contributed by atoms with Crippen LogP contribution in [0.2, 0.25) is 0 Å². The van der Waals surface area contributed by atoms with Crippen molar-refractivity contribution in [2.24, 2.45) is 0 Å². The zero-order chi connectivity index (χ0) is 12.1. The fraction of sp³-hybridized carbons (Fsp3) is 0.571. The van der Waals surface area contributed by atoms with Crippen LogP contribution in [0, 0.1) is 0 Å². The first-order valence-electron chi connectivity index (χ1n) is 6.54. The Morgan fingerprint density at radius 1 is 1.47 bits per heavy atom. The summed E-state index contributed by atoms with van der Waals surface area (Å²) in [4.78, 5) is 0. The zero-order valence-corrected chi connectivity index (χ0v) is 10.5. The summed E-state index contributed by atoms with van der Waals surface area (Å²) in [6, 6.07) is 6.69. The SMILES string of the molecule is CC[C@@H](CO)NCc1cccc2c1NCCC2. The molecule has 17 heavy (non-hydrogen) atoms. The fourth-order valence-electron chi connectivity index (χ4n) is 2.32. The number of fused-ring (bicyclic) bond motifs is 1. The summed E-state index contributed by atoms with van der Waals surface area (Å²) in [5.74, 6) is 0. The molecular weight excluding hydrogens is 212 g/mol. The van der Waals surface area contributed by atoms with Crippen molar-refractivity contribution in [3.63, 3.8) is 0 Å². The number of aliphatic hydroxyl groups excluding tert-OH is 1. The molecule has 0 aliphatic carbocycles. The Morgan fingerprint density at radius 3 is 3.12 bits per heavy atom. The van der Waals surface area contributed by atoms with E-state index in [4.69, 9.17) is 5.11 Å². The second kappa shape index (κ2) is 6.03. The molecule has 2 rings (SSSR count). The monoisotopic (exact) mass is 234 g/mol. The summed E-state index contributed by atoms with van der Waals surface area (Å²) in [5, 5.41) is 16.0. The van der Waals surface area contributed by atoms with Crippen LogP contribution >= 0.6 is 0 Å². The predicted octanol–water partition coefficient (Wildman–Crippen LogP) is 1.91. The van der Waals surface area contributed by atoms with Crippen molar-refractivity contribution in [3.8, 4) is 0 Å². The third-order valence-corrected chi connectivity index (χ3v) is 3.46. The standard InChI is InChI=1S/C14H22N2O/c1-2-13(10-17)16-9-12-6-3-5-11-7-4-8-15-14(11)12/h3,5-6,13,15-17H,2,4,7-10H2,1H3/t13-/m0/s1. The molecule has 0 amide bonds. The molecule has 0 radical (unpaired) electrons. The Balaban J connectivity index is 2.05. The molecule has 1 aromatic rings. The van der Waals surface area contributed by atoms with Gasteiger partial charge in [-0.25, -0.2) is 0 Å². The van der Waals surface area contributed by atoms with E-state index in [0.717, 1.165) is 19.5 Å². The minimum absolute atomic E-state index is 0.203. The van der Waals surface area contributed by atoms with Crippen LogP contribution in [0.1, 0.15) is 30.9 Å². The number of anilines is 1. The summed E-state index contributed by atoms with van der Waals surface area (Å²) < 4.78 is 0. The summed E-state index contributed by atoms with van der Waals surface area (Å²) in [7, 11) is 0. The smallest absolute Gasteiger partial charge is 0.0584 e. The molecule has 0 aromatic heterocycles. The van der Waals surface area contributed by atoms with Crippen molar-refractivity contribution in [2.45, 2.75) is 38.8 Å². The number of benzene rings is 1. The van der Waals surface area contributed by atoms with E-state index in [1.807, 2.05) is 0 Å². The number of nitrogens with one attached hydrogen (secondary N) is 2. The molecule has 0 saturated heterocycles. The minimum atomic E-state index is 0.203. The van der Waals surface area contributed by atoms with Crippen molar-refractivity contribution in [1.29, 1.82) is 0 Å². The first-order valence-corrected chi connectivity index (χ1v) is 6.54. The molecule has 0 unspecified atom stereocenters. The Morgan fingerprint density at radius 2 is 2.35 bits per heavy atom. The Kier molecular flexibility index (Phi) is 4.40. The molecule has 1 heterocycles. The zero-order valence-electron chi connectivity index (χ0n) is 10.5. The van der Waals surface area contributed by atoms with Crippen molar-refractivity contribution >= 4 is 5.69 Å². The van der Waals surface area contributed by atoms with Crippen LogP contribution in [0.3, 0.4) is 0 Å². The lowest BCUT2D eigenvalue weighted by Gasteiger charge is -2.22. The van der Waals surface area contributed by atoms with Crippen LogP contribution in [0.25, 0.3) is 0 Å². The second-order valence-corrected chi connectivity index (χ2v) is 4.65. The predicted molar refractivity (Wildman–Crippen MR) is 71.3 cm³/mol. The molecule has 0 bridgehead atoms. The van der Waals surface area contributed by atoms with Gasteiger partial charge in [-0.15, -0.1) is 0 Å². The normalized spacial score (nSPS) is 16.1. The molecule has 0 spiro atoms. The Hall–Kier alpha value is -1.06. The van der Waals surface area contributed by atoms with Crippen LogP contribution in [0.15, 0.2) is 18.2 Å². The highest BCUT2D eigenvalue weighted by atomic mass is 16.3. The van der Waals surface area contributed by atoms with Gasteiger partial charge in [-0.2, -0.15) is 0 Å². The number of para-hydroxylation sites is 1. The first kappa shape index (κ1) is 12.4. The van der Waals surface area contributed by atoms with E-state index < -0.39 is 0 Å². The maximum Gasteiger partial charge on any atom is 0.0584 e. The fourth-order valence-corrected chi connectivity index (χ4v) is 2.32. The molecule has 94 valence electrons. The van der Waals surface area contributed by atoms with Crippen molar-refractivity contribution in [1.82, 2.24) is 5.32 Å². The van der Waals surface area contributed by atoms with Gasteiger partial charge in [-0.1, -0.05) is 25.1 Å². The molecule has 3 N–H and O–H groups in total. The minimum Gasteiger partial charge on any atom is -0.395 e. The van der Waals surface area contributed by atoms with E-state index in [1.165, 1.54) is 29.7 Å². The van der Waals surface area contributed by atoms with E-state index in [1.54, 1.807) is 0 Å². The Labute approximate surface area is 103 Å². The highest BCUT2D eigenvalue weighted by Crippen LogP contribution is 2.25. The first-order chi connectivity index (χ1) is 8.35. The van der Waals surface area contributed by atoms with Crippen molar-refractivity contribution in [3.05, 3.63) is 29.3 Å².